The summed E-state index contributed by atoms with van der Waals surface area (Å²) in [5, 5.41) is 4.39. The topological polar surface area (TPSA) is 79.7 Å². The molecule has 7 heteroatoms. The first-order chi connectivity index (χ1) is 12.1. The zero-order chi connectivity index (χ0) is 17.4. The van der Waals surface area contributed by atoms with Crippen LogP contribution in [0.25, 0.3) is 11.5 Å². The number of fused-ring (bicyclic) bond motifs is 1. The largest absolute Gasteiger partial charge is 0.305 e. The van der Waals surface area contributed by atoms with E-state index in [1.165, 1.54) is 5.56 Å². The predicted molar refractivity (Wildman–Crippen MR) is 93.9 cm³/mol. The van der Waals surface area contributed by atoms with Gasteiger partial charge in [-0.05, 0) is 19.1 Å². The third kappa shape index (κ3) is 3.10. The van der Waals surface area contributed by atoms with Crippen LogP contribution < -0.4 is 5.56 Å². The Balaban J connectivity index is 1.59. The molecule has 128 valence electrons. The first kappa shape index (κ1) is 15.7. The standard InChI is InChI=1S/C18H20N6O/c1-12-13(9-23(2)22-12)10-24-8-6-15-14(11-24)18(25)21-17(20-15)16-5-3-4-7-19-16/h3-5,7,9H,6,8,10-11H2,1-2H3,(H,20,21,25). The fourth-order valence-electron chi connectivity index (χ4n) is 3.28. The number of nitrogens with zero attached hydrogens (tertiary/aromatic N) is 5. The van der Waals surface area contributed by atoms with Gasteiger partial charge in [-0.3, -0.25) is 19.4 Å². The highest BCUT2D eigenvalue weighted by Crippen LogP contribution is 2.19. The summed E-state index contributed by atoms with van der Waals surface area (Å²) in [6.45, 7) is 4.29. The van der Waals surface area contributed by atoms with Crippen molar-refractivity contribution in [3.8, 4) is 11.5 Å². The number of rotatable bonds is 3. The molecule has 0 saturated heterocycles. The minimum absolute atomic E-state index is 0.0711. The van der Waals surface area contributed by atoms with E-state index in [-0.39, 0.29) is 5.56 Å². The molecule has 3 aromatic heterocycles. The number of aromatic nitrogens is 5. The fourth-order valence-corrected chi connectivity index (χ4v) is 3.28. The Labute approximate surface area is 145 Å². The molecule has 0 unspecified atom stereocenters. The van der Waals surface area contributed by atoms with Gasteiger partial charge in [0.25, 0.3) is 5.56 Å². The van der Waals surface area contributed by atoms with Crippen LogP contribution in [0.1, 0.15) is 22.5 Å². The van der Waals surface area contributed by atoms with Crippen molar-refractivity contribution in [3.05, 3.63) is 63.5 Å². The normalized spacial score (nSPS) is 14.5. The molecule has 4 rings (SSSR count). The van der Waals surface area contributed by atoms with Crippen LogP contribution in [0.5, 0.6) is 0 Å². The van der Waals surface area contributed by atoms with Gasteiger partial charge in [-0.1, -0.05) is 6.07 Å². The van der Waals surface area contributed by atoms with Crippen LogP contribution in [-0.2, 0) is 26.6 Å². The lowest BCUT2D eigenvalue weighted by Gasteiger charge is -2.27. The number of H-pyrrole nitrogens is 1. The summed E-state index contributed by atoms with van der Waals surface area (Å²) in [7, 11) is 1.93. The number of hydrogen-bond donors (Lipinski definition) is 1. The molecule has 1 N–H and O–H groups in total. The Morgan fingerprint density at radius 2 is 2.20 bits per heavy atom. The molecular formula is C18H20N6O. The van der Waals surface area contributed by atoms with Crippen LogP contribution in [0.15, 0.2) is 35.4 Å². The summed E-state index contributed by atoms with van der Waals surface area (Å²) in [6, 6.07) is 5.59. The first-order valence-corrected chi connectivity index (χ1v) is 8.35. The second-order valence-electron chi connectivity index (χ2n) is 6.43. The second kappa shape index (κ2) is 6.25. The molecule has 1 aliphatic heterocycles. The van der Waals surface area contributed by atoms with Gasteiger partial charge in [0.2, 0.25) is 0 Å². The van der Waals surface area contributed by atoms with Crippen molar-refractivity contribution in [2.75, 3.05) is 6.54 Å². The molecule has 0 saturated carbocycles. The highest BCUT2D eigenvalue weighted by atomic mass is 16.1. The van der Waals surface area contributed by atoms with Gasteiger partial charge in [-0.15, -0.1) is 0 Å². The van der Waals surface area contributed by atoms with E-state index in [2.05, 4.69) is 25.0 Å². The van der Waals surface area contributed by atoms with Crippen molar-refractivity contribution in [3.63, 3.8) is 0 Å². The minimum atomic E-state index is -0.0711. The summed E-state index contributed by atoms with van der Waals surface area (Å²) in [6.07, 6.45) is 4.50. The Hall–Kier alpha value is -2.80. The van der Waals surface area contributed by atoms with Crippen molar-refractivity contribution < 1.29 is 0 Å². The zero-order valence-electron chi connectivity index (χ0n) is 14.4. The quantitative estimate of drug-likeness (QED) is 0.783. The molecular weight excluding hydrogens is 316 g/mol. The van der Waals surface area contributed by atoms with Crippen LogP contribution >= 0.6 is 0 Å². The number of hydrogen-bond acceptors (Lipinski definition) is 5. The molecule has 0 bridgehead atoms. The monoisotopic (exact) mass is 336 g/mol. The molecule has 0 aromatic carbocycles. The molecule has 3 aromatic rings. The van der Waals surface area contributed by atoms with E-state index in [1.807, 2.05) is 43.0 Å². The van der Waals surface area contributed by atoms with Gasteiger partial charge in [0.1, 0.15) is 5.69 Å². The number of pyridine rings is 1. The summed E-state index contributed by atoms with van der Waals surface area (Å²) < 4.78 is 1.83. The Morgan fingerprint density at radius 3 is 2.92 bits per heavy atom. The molecule has 0 fully saturated rings. The van der Waals surface area contributed by atoms with Crippen molar-refractivity contribution in [2.24, 2.45) is 7.05 Å². The molecule has 0 spiro atoms. The van der Waals surface area contributed by atoms with Crippen LogP contribution in [0, 0.1) is 6.92 Å². The summed E-state index contributed by atoms with van der Waals surface area (Å²) in [4.78, 5) is 26.6. The minimum Gasteiger partial charge on any atom is -0.305 e. The fraction of sp³-hybridized carbons (Fsp3) is 0.333. The number of nitrogens with one attached hydrogen (secondary N) is 1. The average Bonchev–Trinajstić information content (AvgIpc) is 2.93. The van der Waals surface area contributed by atoms with Crippen LogP contribution in [0.2, 0.25) is 0 Å². The maximum Gasteiger partial charge on any atom is 0.255 e. The van der Waals surface area contributed by atoms with Gasteiger partial charge in [0.15, 0.2) is 5.82 Å². The number of aromatic amines is 1. The molecule has 7 nitrogen and oxygen atoms in total. The van der Waals surface area contributed by atoms with E-state index in [0.717, 1.165) is 36.5 Å². The SMILES string of the molecule is Cc1nn(C)cc1CN1CCc2nc(-c3ccccn3)[nH]c(=O)c2C1. The van der Waals surface area contributed by atoms with E-state index in [9.17, 15) is 4.79 Å². The first-order valence-electron chi connectivity index (χ1n) is 8.35. The highest BCUT2D eigenvalue weighted by molar-refractivity contribution is 5.49. The number of aryl methyl sites for hydroxylation is 2. The van der Waals surface area contributed by atoms with Crippen LogP contribution in [-0.4, -0.2) is 36.2 Å². The summed E-state index contributed by atoms with van der Waals surface area (Å²) in [5.41, 5.74) is 4.48. The maximum absolute atomic E-state index is 12.6. The van der Waals surface area contributed by atoms with Crippen molar-refractivity contribution >= 4 is 0 Å². The van der Waals surface area contributed by atoms with Crippen molar-refractivity contribution in [2.45, 2.75) is 26.4 Å². The Morgan fingerprint density at radius 1 is 1.32 bits per heavy atom. The van der Waals surface area contributed by atoms with E-state index < -0.39 is 0 Å². The molecule has 0 amide bonds. The van der Waals surface area contributed by atoms with E-state index in [4.69, 9.17) is 0 Å². The molecule has 0 radical (unpaired) electrons. The highest BCUT2D eigenvalue weighted by Gasteiger charge is 2.22. The summed E-state index contributed by atoms with van der Waals surface area (Å²) >= 11 is 0. The van der Waals surface area contributed by atoms with Gasteiger partial charge in [0.05, 0.1) is 17.0 Å². The van der Waals surface area contributed by atoms with Crippen LogP contribution in [0.4, 0.5) is 0 Å². The van der Waals surface area contributed by atoms with Crippen molar-refractivity contribution in [1.82, 2.24) is 29.6 Å². The molecule has 25 heavy (non-hydrogen) atoms. The zero-order valence-corrected chi connectivity index (χ0v) is 14.4. The van der Waals surface area contributed by atoms with Crippen molar-refractivity contribution in [1.29, 1.82) is 0 Å². The molecule has 0 aliphatic carbocycles. The van der Waals surface area contributed by atoms with E-state index in [0.29, 0.717) is 18.1 Å². The maximum atomic E-state index is 12.6. The lowest BCUT2D eigenvalue weighted by atomic mass is 10.1. The molecule has 1 aliphatic rings. The van der Waals surface area contributed by atoms with Crippen LogP contribution in [0.3, 0.4) is 0 Å². The smallest absolute Gasteiger partial charge is 0.255 e. The summed E-state index contributed by atoms with van der Waals surface area (Å²) in [5.74, 6) is 0.543. The predicted octanol–water partition coefficient (Wildman–Crippen LogP) is 1.43. The average molecular weight is 336 g/mol. The van der Waals surface area contributed by atoms with E-state index >= 15 is 0 Å². The lowest BCUT2D eigenvalue weighted by molar-refractivity contribution is 0.241. The van der Waals surface area contributed by atoms with Gasteiger partial charge in [-0.2, -0.15) is 5.10 Å². The third-order valence-corrected chi connectivity index (χ3v) is 4.56. The second-order valence-corrected chi connectivity index (χ2v) is 6.43. The van der Waals surface area contributed by atoms with Gasteiger partial charge in [0, 0.05) is 51.1 Å². The van der Waals surface area contributed by atoms with Gasteiger partial charge >= 0.3 is 0 Å². The Kier molecular flexibility index (Phi) is 3.93. The van der Waals surface area contributed by atoms with E-state index in [1.54, 1.807) is 6.20 Å². The van der Waals surface area contributed by atoms with Gasteiger partial charge < -0.3 is 4.98 Å². The van der Waals surface area contributed by atoms with Gasteiger partial charge in [-0.25, -0.2) is 4.98 Å². The Bertz CT molecular complexity index is 959. The lowest BCUT2D eigenvalue weighted by Crippen LogP contribution is -2.35. The molecule has 0 atom stereocenters. The molecule has 4 heterocycles. The third-order valence-electron chi connectivity index (χ3n) is 4.56.